The quantitative estimate of drug-likeness (QED) is 0.209. The molecule has 0 aromatic heterocycles. The van der Waals surface area contributed by atoms with Crippen molar-refractivity contribution >= 4 is 0 Å². The van der Waals surface area contributed by atoms with E-state index in [0.29, 0.717) is 0 Å². The van der Waals surface area contributed by atoms with Gasteiger partial charge in [-0.2, -0.15) is 0 Å². The molecule has 0 atom stereocenters. The Morgan fingerprint density at radius 3 is 1.43 bits per heavy atom. The van der Waals surface area contributed by atoms with E-state index >= 15 is 0 Å². The van der Waals surface area contributed by atoms with Crippen molar-refractivity contribution in [3.05, 3.63) is 15.3 Å². The van der Waals surface area contributed by atoms with E-state index in [1.165, 1.54) is 0 Å². The van der Waals surface area contributed by atoms with Crippen LogP contribution in [0.15, 0.2) is 0 Å². The van der Waals surface area contributed by atoms with Crippen molar-refractivity contribution in [2.45, 2.75) is 0 Å². The summed E-state index contributed by atoms with van der Waals surface area (Å²) in [5.41, 5.74) is 0. The fourth-order valence-corrected chi connectivity index (χ4v) is 0. The molecule has 7 heteroatoms. The van der Waals surface area contributed by atoms with Crippen molar-refractivity contribution in [1.29, 1.82) is 0 Å². The van der Waals surface area contributed by atoms with Crippen molar-refractivity contribution in [2.24, 2.45) is 0 Å². The second-order valence-corrected chi connectivity index (χ2v) is 0.224. The maximum Gasteiger partial charge on any atom is 2.00 e. The van der Waals surface area contributed by atoms with Crippen LogP contribution in [0.2, 0.25) is 0 Å². The van der Waals surface area contributed by atoms with E-state index in [1.807, 2.05) is 0 Å². The Kier molecular flexibility index (Phi) is 57.5. The first-order valence-corrected chi connectivity index (χ1v) is 0.548. The Hall–Kier alpha value is 0.679. The molecule has 5 nitrogen and oxygen atoms in total. The van der Waals surface area contributed by atoms with Gasteiger partial charge in [-0.05, 0) is 0 Å². The van der Waals surface area contributed by atoms with E-state index in [-0.39, 0.29) is 53.5 Å². The topological polar surface area (TPSA) is 97.7 Å². The molecule has 43 valence electrons. The van der Waals surface area contributed by atoms with Crippen molar-refractivity contribution < 1.29 is 58.6 Å². The molecule has 0 spiro atoms. The number of hydrogen-bond acceptors (Lipinski definition) is 3. The van der Waals surface area contributed by atoms with Gasteiger partial charge in [-0.25, -0.2) is 0 Å². The third-order valence-electron chi connectivity index (χ3n) is 0. The van der Waals surface area contributed by atoms with Gasteiger partial charge in [0, 0.05) is 0 Å². The molecule has 0 fully saturated rings. The van der Waals surface area contributed by atoms with Gasteiger partial charge in [0.15, 0.2) is 0 Å². The van der Waals surface area contributed by atoms with E-state index in [2.05, 4.69) is 0 Å². The van der Waals surface area contributed by atoms with Gasteiger partial charge in [-0.1, -0.05) is 0 Å². The molecule has 2 N–H and O–H groups in total. The molecule has 0 amide bonds. The van der Waals surface area contributed by atoms with Crippen LogP contribution in [0.1, 0.15) is 1.43 Å². The molecule has 0 saturated carbocycles. The van der Waals surface area contributed by atoms with Gasteiger partial charge in [0.1, 0.15) is 0 Å². The van der Waals surface area contributed by atoms with Crippen LogP contribution in [0.3, 0.4) is 0 Å². The van der Waals surface area contributed by atoms with Crippen molar-refractivity contribution in [3.8, 4) is 0 Å². The summed E-state index contributed by atoms with van der Waals surface area (Å²) in [5.74, 6) is 0. The van der Waals surface area contributed by atoms with E-state index in [9.17, 15) is 0 Å². The Morgan fingerprint density at radius 2 is 1.43 bits per heavy atom. The number of nitrogens with zero attached hydrogens (tertiary/aromatic N) is 1. The molecule has 0 unspecified atom stereocenters. The van der Waals surface area contributed by atoms with Crippen LogP contribution in [-0.2, 0) is 17.1 Å². The average molecular weight is 168 g/mol. The molecule has 0 aliphatic carbocycles. The molecule has 0 bridgehead atoms. The molecule has 0 saturated heterocycles. The minimum atomic E-state index is -1.75. The SMILES string of the molecule is O.O=[N+]([O-])[O-].[Cu+2].[H-].[Na+]. The van der Waals surface area contributed by atoms with E-state index in [1.54, 1.807) is 0 Å². The van der Waals surface area contributed by atoms with Gasteiger partial charge in [-0.15, -0.1) is 0 Å². The summed E-state index contributed by atoms with van der Waals surface area (Å²) >= 11 is 0. The summed E-state index contributed by atoms with van der Waals surface area (Å²) in [6, 6.07) is 0. The summed E-state index contributed by atoms with van der Waals surface area (Å²) in [4.78, 5) is 8.25. The van der Waals surface area contributed by atoms with Gasteiger partial charge in [-0.3, -0.25) is 0 Å². The first-order valence-electron chi connectivity index (χ1n) is 0.548. The predicted molar refractivity (Wildman–Crippen MR) is 15.1 cm³/mol. The molecule has 0 aromatic carbocycles. The van der Waals surface area contributed by atoms with Gasteiger partial charge in [0.05, 0.1) is 5.09 Å². The largest absolute Gasteiger partial charge is 2.00 e. The maximum atomic E-state index is 8.25. The molecule has 0 rings (SSSR count). The third-order valence-corrected chi connectivity index (χ3v) is 0. The minimum Gasteiger partial charge on any atom is -1.00 e. The van der Waals surface area contributed by atoms with Crippen LogP contribution >= 0.6 is 0 Å². The van der Waals surface area contributed by atoms with Crippen LogP contribution in [-0.4, -0.2) is 10.6 Å². The Balaban J connectivity index is -0.00000000750. The van der Waals surface area contributed by atoms with Crippen LogP contribution in [0.4, 0.5) is 0 Å². The third kappa shape index (κ3) is 317. The second kappa shape index (κ2) is 15.9. The summed E-state index contributed by atoms with van der Waals surface area (Å²) in [6.07, 6.45) is 0. The normalized spacial score (nSPS) is 3.43. The molecule has 1 radical (unpaired) electrons. The van der Waals surface area contributed by atoms with Crippen LogP contribution in [0.25, 0.3) is 0 Å². The zero-order chi connectivity index (χ0) is 3.58. The van der Waals surface area contributed by atoms with Crippen molar-refractivity contribution in [1.82, 2.24) is 0 Å². The van der Waals surface area contributed by atoms with Crippen LogP contribution in [0.5, 0.6) is 0 Å². The first-order chi connectivity index (χ1) is 1.73. The van der Waals surface area contributed by atoms with Gasteiger partial charge >= 0.3 is 46.6 Å². The summed E-state index contributed by atoms with van der Waals surface area (Å²) < 4.78 is 0. The summed E-state index contributed by atoms with van der Waals surface area (Å²) in [6.45, 7) is 0. The second-order valence-electron chi connectivity index (χ2n) is 0.224. The maximum absolute atomic E-state index is 8.25. The molecule has 7 heavy (non-hydrogen) atoms. The molecule has 0 aliphatic heterocycles. The number of rotatable bonds is 0. The van der Waals surface area contributed by atoms with Gasteiger partial charge < -0.3 is 22.2 Å². The van der Waals surface area contributed by atoms with Gasteiger partial charge in [0.2, 0.25) is 0 Å². The van der Waals surface area contributed by atoms with Gasteiger partial charge in [0.25, 0.3) is 0 Å². The molecule has 0 aromatic rings. The molecular formula is H3CuNNaO4+. The Morgan fingerprint density at radius 1 is 1.43 bits per heavy atom. The van der Waals surface area contributed by atoms with E-state index in [0.717, 1.165) is 0 Å². The molecule has 0 aliphatic rings. The van der Waals surface area contributed by atoms with Crippen LogP contribution < -0.4 is 29.6 Å². The zero-order valence-electron chi connectivity index (χ0n) is 4.47. The average Bonchev–Trinajstić information content (AvgIpc) is 0.811. The van der Waals surface area contributed by atoms with Crippen LogP contribution in [0, 0.1) is 15.3 Å². The first kappa shape index (κ1) is 25.3. The smallest absolute Gasteiger partial charge is 1.00 e. The molecular weight excluding hydrogens is 165 g/mol. The standard InChI is InChI=1S/Cu.NO3.Na.H2O.H/c;2-1(3)4;;;/h;;;1H2;/q+2;-1;+1;;-1. The number of hydrogen-bond donors (Lipinski definition) is 0. The predicted octanol–water partition coefficient (Wildman–Crippen LogP) is -3.95. The van der Waals surface area contributed by atoms with E-state index in [4.69, 9.17) is 15.3 Å². The summed E-state index contributed by atoms with van der Waals surface area (Å²) in [5, 5.41) is 14.8. The summed E-state index contributed by atoms with van der Waals surface area (Å²) in [7, 11) is 0. The Labute approximate surface area is 73.8 Å². The van der Waals surface area contributed by atoms with Crippen molar-refractivity contribution in [3.63, 3.8) is 0 Å². The fourth-order valence-electron chi connectivity index (χ4n) is 0. The van der Waals surface area contributed by atoms with Crippen molar-refractivity contribution in [2.75, 3.05) is 0 Å². The Bertz CT molecular complexity index is 39.0. The zero-order valence-corrected chi connectivity index (χ0v) is 6.42. The minimum absolute atomic E-state index is 0. The monoisotopic (exact) mass is 167 g/mol. The molecule has 0 heterocycles. The fraction of sp³-hybridized carbons (Fsp3) is 0. The van der Waals surface area contributed by atoms with E-state index < -0.39 is 5.09 Å².